The number of nitrogens with zero attached hydrogens (tertiary/aromatic N) is 2. The largest absolute Gasteiger partial charge is 0.396 e. The van der Waals surface area contributed by atoms with Crippen LogP contribution >= 0.6 is 0 Å². The summed E-state index contributed by atoms with van der Waals surface area (Å²) < 4.78 is 0. The minimum atomic E-state index is 0.245. The maximum Gasteiger partial charge on any atom is 0.0888 e. The highest BCUT2D eigenvalue weighted by molar-refractivity contribution is 5.55. The van der Waals surface area contributed by atoms with Crippen molar-refractivity contribution in [3.8, 4) is 11.4 Å². The van der Waals surface area contributed by atoms with E-state index in [9.17, 15) is 0 Å². The molecule has 0 saturated carbocycles. The lowest BCUT2D eigenvalue weighted by molar-refractivity contribution is 0.284. The number of pyridine rings is 2. The van der Waals surface area contributed by atoms with Crippen molar-refractivity contribution in [2.45, 2.75) is 38.5 Å². The van der Waals surface area contributed by atoms with Crippen LogP contribution in [0.15, 0.2) is 36.7 Å². The molecule has 2 rings (SSSR count). The Morgan fingerprint density at radius 1 is 0.682 bits per heavy atom. The van der Waals surface area contributed by atoms with Gasteiger partial charge in [0.1, 0.15) is 0 Å². The zero-order valence-corrected chi connectivity index (χ0v) is 12.9. The van der Waals surface area contributed by atoms with Crippen LogP contribution in [-0.2, 0) is 12.8 Å². The fourth-order valence-corrected chi connectivity index (χ4v) is 2.42. The van der Waals surface area contributed by atoms with Crippen LogP contribution in [-0.4, -0.2) is 33.4 Å². The van der Waals surface area contributed by atoms with Crippen LogP contribution in [0.5, 0.6) is 0 Å². The van der Waals surface area contributed by atoms with E-state index < -0.39 is 0 Å². The Morgan fingerprint density at radius 2 is 1.14 bits per heavy atom. The monoisotopic (exact) mass is 300 g/mol. The topological polar surface area (TPSA) is 66.2 Å². The number of hydrogen-bond donors (Lipinski definition) is 2. The summed E-state index contributed by atoms with van der Waals surface area (Å²) in [4.78, 5) is 8.85. The Bertz CT molecular complexity index is 521. The summed E-state index contributed by atoms with van der Waals surface area (Å²) in [5.74, 6) is 0. The zero-order chi connectivity index (χ0) is 15.6. The van der Waals surface area contributed by atoms with Gasteiger partial charge < -0.3 is 10.2 Å². The molecule has 0 saturated heterocycles. The molecule has 4 heteroatoms. The molecule has 2 aromatic heterocycles. The summed E-state index contributed by atoms with van der Waals surface area (Å²) in [6.45, 7) is 0.491. The highest BCUT2D eigenvalue weighted by Crippen LogP contribution is 2.18. The lowest BCUT2D eigenvalue weighted by atomic mass is 10.1. The minimum absolute atomic E-state index is 0.245. The summed E-state index contributed by atoms with van der Waals surface area (Å²) >= 11 is 0. The van der Waals surface area contributed by atoms with Gasteiger partial charge in [-0.3, -0.25) is 9.97 Å². The highest BCUT2D eigenvalue weighted by Gasteiger charge is 2.04. The molecule has 0 aliphatic carbocycles. The van der Waals surface area contributed by atoms with Crippen molar-refractivity contribution >= 4 is 0 Å². The van der Waals surface area contributed by atoms with E-state index in [1.165, 1.54) is 11.1 Å². The van der Waals surface area contributed by atoms with Crippen molar-refractivity contribution in [1.82, 2.24) is 9.97 Å². The fourth-order valence-electron chi connectivity index (χ4n) is 2.42. The van der Waals surface area contributed by atoms with Gasteiger partial charge in [-0.1, -0.05) is 0 Å². The van der Waals surface area contributed by atoms with Gasteiger partial charge >= 0.3 is 0 Å². The van der Waals surface area contributed by atoms with E-state index in [0.717, 1.165) is 49.9 Å². The minimum Gasteiger partial charge on any atom is -0.396 e. The second-order valence-corrected chi connectivity index (χ2v) is 5.46. The summed E-state index contributed by atoms with van der Waals surface area (Å²) in [5.41, 5.74) is 4.24. The quantitative estimate of drug-likeness (QED) is 0.699. The molecule has 2 heterocycles. The maximum absolute atomic E-state index is 8.86. The molecule has 0 bridgehead atoms. The fraction of sp³-hybridized carbons (Fsp3) is 0.444. The predicted octanol–water partition coefficient (Wildman–Crippen LogP) is 2.77. The average molecular weight is 300 g/mol. The van der Waals surface area contributed by atoms with Crippen molar-refractivity contribution in [3.05, 3.63) is 47.8 Å². The first-order valence-corrected chi connectivity index (χ1v) is 7.95. The second-order valence-electron chi connectivity index (χ2n) is 5.46. The second kappa shape index (κ2) is 9.28. The Morgan fingerprint density at radius 3 is 1.55 bits per heavy atom. The summed E-state index contributed by atoms with van der Waals surface area (Å²) in [6, 6.07) is 8.20. The molecule has 4 nitrogen and oxygen atoms in total. The van der Waals surface area contributed by atoms with E-state index in [1.807, 2.05) is 24.5 Å². The number of aromatic nitrogens is 2. The Hall–Kier alpha value is -1.78. The standard InChI is InChI=1S/C18H24N2O2/c21-11-3-1-5-15-7-9-19-17(13-15)18-14-16(8-10-20-18)6-2-4-12-22/h7-10,13-14,21-22H,1-6,11-12H2. The van der Waals surface area contributed by atoms with E-state index in [2.05, 4.69) is 22.1 Å². The molecule has 0 aromatic carbocycles. The highest BCUT2D eigenvalue weighted by atomic mass is 16.3. The summed E-state index contributed by atoms with van der Waals surface area (Å²) in [5, 5.41) is 17.7. The first-order valence-electron chi connectivity index (χ1n) is 7.95. The van der Waals surface area contributed by atoms with Crippen LogP contribution in [0.4, 0.5) is 0 Å². The van der Waals surface area contributed by atoms with Gasteiger partial charge in [0.2, 0.25) is 0 Å². The smallest absolute Gasteiger partial charge is 0.0888 e. The van der Waals surface area contributed by atoms with Crippen molar-refractivity contribution in [1.29, 1.82) is 0 Å². The van der Waals surface area contributed by atoms with Crippen LogP contribution in [0.2, 0.25) is 0 Å². The van der Waals surface area contributed by atoms with Gasteiger partial charge in [0.25, 0.3) is 0 Å². The summed E-state index contributed by atoms with van der Waals surface area (Å²) in [7, 11) is 0. The molecule has 118 valence electrons. The molecule has 0 atom stereocenters. The van der Waals surface area contributed by atoms with E-state index in [1.54, 1.807) is 0 Å². The molecule has 22 heavy (non-hydrogen) atoms. The zero-order valence-electron chi connectivity index (χ0n) is 12.9. The normalized spacial score (nSPS) is 10.8. The summed E-state index contributed by atoms with van der Waals surface area (Å²) in [6.07, 6.45) is 9.17. The van der Waals surface area contributed by atoms with E-state index >= 15 is 0 Å². The molecule has 2 aromatic rings. The van der Waals surface area contributed by atoms with E-state index in [4.69, 9.17) is 10.2 Å². The molecule has 0 fully saturated rings. The van der Waals surface area contributed by atoms with Gasteiger partial charge in [0, 0.05) is 25.6 Å². The third-order valence-corrected chi connectivity index (χ3v) is 3.66. The van der Waals surface area contributed by atoms with Crippen LogP contribution in [0, 0.1) is 0 Å². The van der Waals surface area contributed by atoms with Crippen LogP contribution in [0.25, 0.3) is 11.4 Å². The van der Waals surface area contributed by atoms with Crippen molar-refractivity contribution in [2.24, 2.45) is 0 Å². The predicted molar refractivity (Wildman–Crippen MR) is 87.5 cm³/mol. The molecule has 0 radical (unpaired) electrons. The van der Waals surface area contributed by atoms with Gasteiger partial charge in [-0.15, -0.1) is 0 Å². The molecule has 2 N–H and O–H groups in total. The first-order chi connectivity index (χ1) is 10.8. The lowest BCUT2D eigenvalue weighted by Crippen LogP contribution is -1.94. The molecular formula is C18H24N2O2. The van der Waals surface area contributed by atoms with Gasteiger partial charge in [0.05, 0.1) is 11.4 Å². The third kappa shape index (κ3) is 5.20. The number of unbranched alkanes of at least 4 members (excludes halogenated alkanes) is 2. The number of aryl methyl sites for hydroxylation is 2. The number of aliphatic hydroxyl groups excluding tert-OH is 2. The van der Waals surface area contributed by atoms with Crippen molar-refractivity contribution in [3.63, 3.8) is 0 Å². The molecule has 0 amide bonds. The van der Waals surface area contributed by atoms with Gasteiger partial charge in [-0.2, -0.15) is 0 Å². The lowest BCUT2D eigenvalue weighted by Gasteiger charge is -2.06. The Labute approximate surface area is 131 Å². The first kappa shape index (κ1) is 16.6. The Kier molecular flexibility index (Phi) is 7.00. The number of rotatable bonds is 9. The van der Waals surface area contributed by atoms with Crippen molar-refractivity contribution in [2.75, 3.05) is 13.2 Å². The van der Waals surface area contributed by atoms with Gasteiger partial charge in [0.15, 0.2) is 0 Å². The van der Waals surface area contributed by atoms with Crippen LogP contribution in [0.1, 0.15) is 36.8 Å². The SMILES string of the molecule is OCCCCc1ccnc(-c2cc(CCCCO)ccn2)c1. The van der Waals surface area contributed by atoms with Crippen LogP contribution < -0.4 is 0 Å². The molecule has 0 unspecified atom stereocenters. The number of aliphatic hydroxyl groups is 2. The van der Waals surface area contributed by atoms with Gasteiger partial charge in [-0.05, 0) is 73.9 Å². The van der Waals surface area contributed by atoms with Crippen LogP contribution in [0.3, 0.4) is 0 Å². The average Bonchev–Trinajstić information content (AvgIpc) is 2.56. The number of hydrogen-bond acceptors (Lipinski definition) is 4. The van der Waals surface area contributed by atoms with Crippen molar-refractivity contribution < 1.29 is 10.2 Å². The molecule has 0 aliphatic heterocycles. The third-order valence-electron chi connectivity index (χ3n) is 3.66. The Balaban J connectivity index is 2.07. The molecule has 0 aliphatic rings. The van der Waals surface area contributed by atoms with E-state index in [0.29, 0.717) is 0 Å². The molecule has 0 spiro atoms. The van der Waals surface area contributed by atoms with Gasteiger partial charge in [-0.25, -0.2) is 0 Å². The van der Waals surface area contributed by atoms with E-state index in [-0.39, 0.29) is 13.2 Å². The maximum atomic E-state index is 8.86. The molecular weight excluding hydrogens is 276 g/mol.